The van der Waals surface area contributed by atoms with E-state index in [-0.39, 0.29) is 22.8 Å². The number of aromatic nitrogens is 2. The molecule has 0 aromatic carbocycles. The molecule has 1 aliphatic carbocycles. The van der Waals surface area contributed by atoms with Crippen LogP contribution in [-0.4, -0.2) is 82.7 Å². The summed E-state index contributed by atoms with van der Waals surface area (Å²) in [6.45, 7) is 8.69. The molecule has 0 spiro atoms. The Bertz CT molecular complexity index is 1260. The summed E-state index contributed by atoms with van der Waals surface area (Å²) in [5.74, 6) is -1.78. The molecule has 0 atom stereocenters. The molecular weight excluding hydrogens is 501 g/mol. The molecule has 11 heteroatoms. The summed E-state index contributed by atoms with van der Waals surface area (Å²) in [5.41, 5.74) is 0.385. The number of aromatic carboxylic acids is 1. The minimum Gasteiger partial charge on any atom is -0.477 e. The molecule has 3 aliphatic rings. The number of nitrogens with zero attached hydrogens (tertiary/aromatic N) is 5. The van der Waals surface area contributed by atoms with Crippen LogP contribution in [-0.2, 0) is 4.79 Å². The van der Waals surface area contributed by atoms with E-state index >= 15 is 4.39 Å². The number of piperazine rings is 1. The molecule has 2 aromatic heterocycles. The standard InChI is InChI=1S/C24H27ClFN5O4.C2H6/c25-19(13-28-7-9-29(14-32)10-8-28)15-3-5-30(6-4-15)23-20(26)11-17-21(33)18(24(34)35)12-31(16-1-2-16)22(17)27-23;1-2/h11-12,14,16H,1-10,13H2,(H,34,35);1-2H3. The van der Waals surface area contributed by atoms with Gasteiger partial charge in [-0.3, -0.25) is 14.5 Å². The number of hydrogen-bond acceptors (Lipinski definition) is 6. The number of amides is 1. The van der Waals surface area contributed by atoms with Crippen LogP contribution < -0.4 is 10.3 Å². The van der Waals surface area contributed by atoms with Gasteiger partial charge in [0.05, 0.1) is 5.39 Å². The number of anilines is 1. The van der Waals surface area contributed by atoms with Crippen LogP contribution in [0.3, 0.4) is 0 Å². The van der Waals surface area contributed by atoms with Crippen molar-refractivity contribution in [1.29, 1.82) is 0 Å². The minimum atomic E-state index is -1.33. The quantitative estimate of drug-likeness (QED) is 0.568. The zero-order valence-electron chi connectivity index (χ0n) is 21.3. The van der Waals surface area contributed by atoms with E-state index in [0.717, 1.165) is 49.0 Å². The van der Waals surface area contributed by atoms with E-state index < -0.39 is 17.2 Å². The highest BCUT2D eigenvalue weighted by Gasteiger charge is 2.29. The van der Waals surface area contributed by atoms with Crippen molar-refractivity contribution >= 4 is 40.8 Å². The van der Waals surface area contributed by atoms with Crippen molar-refractivity contribution in [3.63, 3.8) is 0 Å². The number of carboxylic acid groups (broad SMARTS) is 1. The summed E-state index contributed by atoms with van der Waals surface area (Å²) >= 11 is 6.65. The van der Waals surface area contributed by atoms with Crippen molar-refractivity contribution < 1.29 is 19.1 Å². The van der Waals surface area contributed by atoms with Crippen LogP contribution in [0.1, 0.15) is 55.9 Å². The molecule has 200 valence electrons. The van der Waals surface area contributed by atoms with E-state index in [1.165, 1.54) is 6.20 Å². The highest BCUT2D eigenvalue weighted by Crippen LogP contribution is 2.37. The maximum Gasteiger partial charge on any atom is 0.341 e. The summed E-state index contributed by atoms with van der Waals surface area (Å²) in [4.78, 5) is 45.5. The molecule has 1 amide bonds. The first-order chi connectivity index (χ1) is 17.9. The normalized spacial score (nSPS) is 18.4. The molecular formula is C26H33ClFN5O4. The van der Waals surface area contributed by atoms with Crippen molar-refractivity contribution in [2.75, 3.05) is 50.7 Å². The Morgan fingerprint density at radius 1 is 1.16 bits per heavy atom. The third-order valence-electron chi connectivity index (χ3n) is 7.08. The van der Waals surface area contributed by atoms with Crippen molar-refractivity contribution in [1.82, 2.24) is 19.4 Å². The van der Waals surface area contributed by atoms with Crippen molar-refractivity contribution in [3.8, 4) is 0 Å². The summed E-state index contributed by atoms with van der Waals surface area (Å²) in [7, 11) is 0. The Balaban J connectivity index is 0.00000156. The first kappa shape index (κ1) is 27.1. The van der Waals surface area contributed by atoms with Gasteiger partial charge in [-0.1, -0.05) is 31.0 Å². The summed E-state index contributed by atoms with van der Waals surface area (Å²) in [6.07, 6.45) is 5.31. The van der Waals surface area contributed by atoms with Gasteiger partial charge in [0.2, 0.25) is 11.8 Å². The second kappa shape index (κ2) is 11.6. The average molecular weight is 534 g/mol. The van der Waals surface area contributed by atoms with Gasteiger partial charge in [-0.2, -0.15) is 0 Å². The van der Waals surface area contributed by atoms with E-state index in [4.69, 9.17) is 11.6 Å². The number of pyridine rings is 2. The molecule has 1 saturated carbocycles. The summed E-state index contributed by atoms with van der Waals surface area (Å²) < 4.78 is 16.8. The molecule has 2 aliphatic heterocycles. The Morgan fingerprint density at radius 2 is 1.81 bits per heavy atom. The molecule has 2 aromatic rings. The fourth-order valence-corrected chi connectivity index (χ4v) is 5.20. The second-order valence-corrected chi connectivity index (χ2v) is 9.85. The van der Waals surface area contributed by atoms with Crippen LogP contribution in [0.15, 0.2) is 27.7 Å². The number of carbonyl (C=O) groups is 2. The van der Waals surface area contributed by atoms with Crippen LogP contribution >= 0.6 is 11.6 Å². The highest BCUT2D eigenvalue weighted by atomic mass is 35.5. The predicted molar refractivity (Wildman–Crippen MR) is 141 cm³/mol. The van der Waals surface area contributed by atoms with Crippen LogP contribution in [0, 0.1) is 5.82 Å². The van der Waals surface area contributed by atoms with Crippen LogP contribution in [0.2, 0.25) is 0 Å². The summed E-state index contributed by atoms with van der Waals surface area (Å²) in [5, 5.41) is 10.2. The minimum absolute atomic E-state index is 0.00614. The lowest BCUT2D eigenvalue weighted by Crippen LogP contribution is -2.46. The molecule has 3 fully saturated rings. The molecule has 37 heavy (non-hydrogen) atoms. The van der Waals surface area contributed by atoms with Gasteiger partial charge in [-0.15, -0.1) is 0 Å². The van der Waals surface area contributed by atoms with Crippen LogP contribution in [0.25, 0.3) is 11.0 Å². The Hall–Kier alpha value is -2.98. The third kappa shape index (κ3) is 5.80. The van der Waals surface area contributed by atoms with Gasteiger partial charge in [-0.25, -0.2) is 14.2 Å². The first-order valence-corrected chi connectivity index (χ1v) is 13.2. The van der Waals surface area contributed by atoms with Crippen molar-refractivity contribution in [2.45, 2.75) is 45.6 Å². The lowest BCUT2D eigenvalue weighted by atomic mass is 10.0. The first-order valence-electron chi connectivity index (χ1n) is 12.9. The van der Waals surface area contributed by atoms with Gasteiger partial charge in [0.15, 0.2) is 11.6 Å². The monoisotopic (exact) mass is 533 g/mol. The fraction of sp³-hybridized carbons (Fsp3) is 0.538. The SMILES string of the molecule is CC.O=CN1CCN(CC(Cl)=C2CCN(c3nc4c(cc3F)c(=O)c(C(=O)O)cn4C3CC3)CC2)CC1. The van der Waals surface area contributed by atoms with E-state index in [9.17, 15) is 19.5 Å². The predicted octanol–water partition coefficient (Wildman–Crippen LogP) is 3.46. The van der Waals surface area contributed by atoms with Gasteiger partial charge in [0, 0.05) is 63.1 Å². The third-order valence-corrected chi connectivity index (χ3v) is 7.47. The number of piperidine rings is 1. The van der Waals surface area contributed by atoms with Gasteiger partial charge in [0.25, 0.3) is 0 Å². The zero-order chi connectivity index (χ0) is 26.7. The van der Waals surface area contributed by atoms with Crippen molar-refractivity contribution in [2.24, 2.45) is 0 Å². The Labute approximate surface area is 220 Å². The lowest BCUT2D eigenvalue weighted by molar-refractivity contribution is -0.119. The Kier molecular flexibility index (Phi) is 8.49. The fourth-order valence-electron chi connectivity index (χ4n) is 4.84. The highest BCUT2D eigenvalue weighted by molar-refractivity contribution is 6.30. The molecule has 2 saturated heterocycles. The number of carboxylic acids is 1. The summed E-state index contributed by atoms with van der Waals surface area (Å²) in [6, 6.07) is 1.20. The molecule has 0 bridgehead atoms. The molecule has 0 unspecified atom stereocenters. The second-order valence-electron chi connectivity index (χ2n) is 9.39. The van der Waals surface area contributed by atoms with Gasteiger partial charge < -0.3 is 19.5 Å². The smallest absolute Gasteiger partial charge is 0.341 e. The van der Waals surface area contributed by atoms with E-state index in [0.29, 0.717) is 51.2 Å². The van der Waals surface area contributed by atoms with Crippen LogP contribution in [0.4, 0.5) is 10.2 Å². The lowest BCUT2D eigenvalue weighted by Gasteiger charge is -2.34. The van der Waals surface area contributed by atoms with E-state index in [2.05, 4.69) is 9.88 Å². The molecule has 1 N–H and O–H groups in total. The zero-order valence-corrected chi connectivity index (χ0v) is 22.0. The Morgan fingerprint density at radius 3 is 2.38 bits per heavy atom. The molecule has 0 radical (unpaired) electrons. The number of rotatable bonds is 6. The maximum absolute atomic E-state index is 15.1. The number of carbonyl (C=O) groups excluding carboxylic acids is 1. The topological polar surface area (TPSA) is 99.0 Å². The average Bonchev–Trinajstić information content (AvgIpc) is 3.76. The van der Waals surface area contributed by atoms with Gasteiger partial charge >= 0.3 is 5.97 Å². The van der Waals surface area contributed by atoms with Gasteiger partial charge in [0.1, 0.15) is 11.2 Å². The molecule has 9 nitrogen and oxygen atoms in total. The van der Waals surface area contributed by atoms with E-state index in [1.54, 1.807) is 9.47 Å². The maximum atomic E-state index is 15.1. The van der Waals surface area contributed by atoms with Gasteiger partial charge in [-0.05, 0) is 31.7 Å². The number of halogens is 2. The van der Waals surface area contributed by atoms with Crippen molar-refractivity contribution in [3.05, 3.63) is 44.5 Å². The van der Waals surface area contributed by atoms with E-state index in [1.807, 2.05) is 18.7 Å². The number of hydrogen-bond donors (Lipinski definition) is 1. The molecule has 4 heterocycles. The largest absolute Gasteiger partial charge is 0.477 e. The number of fused-ring (bicyclic) bond motifs is 1. The van der Waals surface area contributed by atoms with Crippen LogP contribution in [0.5, 0.6) is 0 Å². The molecule has 5 rings (SSSR count).